The number of benzene rings is 2. The molecule has 122 valence electrons. The van der Waals surface area contributed by atoms with E-state index in [1.54, 1.807) is 19.1 Å². The first-order valence-corrected chi connectivity index (χ1v) is 8.79. The average molecular weight is 373 g/mol. The molecule has 0 unspecified atom stereocenters. The van der Waals surface area contributed by atoms with Gasteiger partial charge in [-0.05, 0) is 42.8 Å². The Morgan fingerprint density at radius 3 is 2.43 bits per heavy atom. The zero-order valence-corrected chi connectivity index (χ0v) is 14.7. The van der Waals surface area contributed by atoms with Gasteiger partial charge in [0.05, 0.1) is 21.3 Å². The van der Waals surface area contributed by atoms with Gasteiger partial charge in [-0.1, -0.05) is 29.3 Å². The molecule has 2 aromatic rings. The predicted molar refractivity (Wildman–Crippen MR) is 92.8 cm³/mol. The summed E-state index contributed by atoms with van der Waals surface area (Å²) in [5.74, 6) is -0.308. The molecule has 0 fully saturated rings. The van der Waals surface area contributed by atoms with Crippen molar-refractivity contribution in [1.29, 1.82) is 0 Å². The number of aryl methyl sites for hydroxylation is 1. The zero-order valence-electron chi connectivity index (χ0n) is 12.4. The highest BCUT2D eigenvalue weighted by atomic mass is 35.5. The summed E-state index contributed by atoms with van der Waals surface area (Å²) in [5, 5.41) is 3.17. The summed E-state index contributed by atoms with van der Waals surface area (Å²) in [6.45, 7) is 3.01. The maximum Gasteiger partial charge on any atom is 0.262 e. The molecule has 0 aliphatic carbocycles. The van der Waals surface area contributed by atoms with Gasteiger partial charge in [0.1, 0.15) is 0 Å². The van der Waals surface area contributed by atoms with Crippen molar-refractivity contribution in [3.8, 4) is 0 Å². The monoisotopic (exact) mass is 372 g/mol. The average Bonchev–Trinajstić information content (AvgIpc) is 2.44. The Morgan fingerprint density at radius 2 is 1.78 bits per heavy atom. The number of carbonyl (C=O) groups excluding carboxylic acids is 1. The molecular formula is C15H14Cl2N2O3S. The molecule has 0 aliphatic rings. The van der Waals surface area contributed by atoms with Crippen LogP contribution in [0.15, 0.2) is 41.3 Å². The highest BCUT2D eigenvalue weighted by molar-refractivity contribution is 7.92. The van der Waals surface area contributed by atoms with E-state index in [2.05, 4.69) is 10.0 Å². The Hall–Kier alpha value is -1.76. The number of rotatable bonds is 4. The van der Waals surface area contributed by atoms with E-state index in [9.17, 15) is 13.2 Å². The van der Waals surface area contributed by atoms with Crippen molar-refractivity contribution in [2.45, 2.75) is 18.7 Å². The van der Waals surface area contributed by atoms with Crippen LogP contribution in [0.3, 0.4) is 0 Å². The highest BCUT2D eigenvalue weighted by Crippen LogP contribution is 2.28. The van der Waals surface area contributed by atoms with Gasteiger partial charge >= 0.3 is 0 Å². The summed E-state index contributed by atoms with van der Waals surface area (Å²) in [6, 6.07) is 9.07. The number of hydrogen-bond donors (Lipinski definition) is 2. The largest absolute Gasteiger partial charge is 0.325 e. The quantitative estimate of drug-likeness (QED) is 0.849. The topological polar surface area (TPSA) is 75.3 Å². The van der Waals surface area contributed by atoms with Gasteiger partial charge in [0.2, 0.25) is 5.91 Å². The maximum atomic E-state index is 12.5. The van der Waals surface area contributed by atoms with Crippen molar-refractivity contribution in [3.63, 3.8) is 0 Å². The summed E-state index contributed by atoms with van der Waals surface area (Å²) in [6.07, 6.45) is 0. The molecule has 2 N–H and O–H groups in total. The minimum Gasteiger partial charge on any atom is -0.325 e. The Labute approximate surface area is 144 Å². The lowest BCUT2D eigenvalue weighted by Crippen LogP contribution is -2.15. The number of sulfonamides is 1. The number of anilines is 2. The van der Waals surface area contributed by atoms with Crippen LogP contribution >= 0.6 is 23.2 Å². The maximum absolute atomic E-state index is 12.5. The van der Waals surface area contributed by atoms with Crippen molar-refractivity contribution in [3.05, 3.63) is 52.0 Å². The van der Waals surface area contributed by atoms with E-state index < -0.39 is 10.0 Å². The van der Waals surface area contributed by atoms with Crippen LogP contribution in [0.25, 0.3) is 0 Å². The lowest BCUT2D eigenvalue weighted by Gasteiger charge is -2.12. The van der Waals surface area contributed by atoms with Crippen molar-refractivity contribution in [2.24, 2.45) is 0 Å². The molecule has 0 saturated carbocycles. The van der Waals surface area contributed by atoms with Gasteiger partial charge in [-0.3, -0.25) is 9.52 Å². The Kier molecular flexibility index (Phi) is 5.19. The van der Waals surface area contributed by atoms with Gasteiger partial charge in [0, 0.05) is 11.9 Å². The lowest BCUT2D eigenvalue weighted by atomic mass is 10.2. The summed E-state index contributed by atoms with van der Waals surface area (Å²) in [5.41, 5.74) is 1.16. The number of amides is 1. The summed E-state index contributed by atoms with van der Waals surface area (Å²) in [7, 11) is -3.81. The van der Waals surface area contributed by atoms with E-state index in [4.69, 9.17) is 23.2 Å². The molecule has 0 saturated heterocycles. The number of nitrogens with one attached hydrogen (secondary N) is 2. The van der Waals surface area contributed by atoms with Crippen LogP contribution in [-0.2, 0) is 14.8 Å². The molecule has 23 heavy (non-hydrogen) atoms. The summed E-state index contributed by atoms with van der Waals surface area (Å²) >= 11 is 11.8. The second-order valence-electron chi connectivity index (χ2n) is 4.89. The third-order valence-corrected chi connectivity index (χ3v) is 5.06. The number of hydrogen-bond acceptors (Lipinski definition) is 3. The summed E-state index contributed by atoms with van der Waals surface area (Å²) < 4.78 is 27.5. The van der Waals surface area contributed by atoms with E-state index in [1.165, 1.54) is 31.2 Å². The molecule has 0 radical (unpaired) electrons. The fraction of sp³-hybridized carbons (Fsp3) is 0.133. The fourth-order valence-corrected chi connectivity index (χ4v) is 3.67. The molecule has 0 aliphatic heterocycles. The third-order valence-electron chi connectivity index (χ3n) is 2.97. The first-order valence-electron chi connectivity index (χ1n) is 6.55. The Balaban J connectivity index is 2.37. The number of carbonyl (C=O) groups is 1. The van der Waals surface area contributed by atoms with Crippen molar-refractivity contribution in [2.75, 3.05) is 10.0 Å². The van der Waals surface area contributed by atoms with Crippen LogP contribution in [0.4, 0.5) is 11.4 Å². The molecule has 0 atom stereocenters. The first kappa shape index (κ1) is 17.6. The van der Waals surface area contributed by atoms with Gasteiger partial charge in [-0.25, -0.2) is 8.42 Å². The standard InChI is InChI=1S/C15H14Cl2N2O3S/c1-9-3-4-11(16)7-15(9)23(21,22)19-12-5-6-13(17)14(8-12)18-10(2)20/h3-8,19H,1-2H3,(H,18,20). The van der Waals surface area contributed by atoms with Crippen LogP contribution in [0.5, 0.6) is 0 Å². The first-order chi connectivity index (χ1) is 10.7. The molecule has 2 rings (SSSR count). The Bertz CT molecular complexity index is 867. The molecule has 0 aromatic heterocycles. The van der Waals surface area contributed by atoms with Gasteiger partial charge in [0.25, 0.3) is 10.0 Å². The van der Waals surface area contributed by atoms with Crippen LogP contribution < -0.4 is 10.0 Å². The van der Waals surface area contributed by atoms with Crippen molar-refractivity contribution >= 4 is 50.5 Å². The third kappa shape index (κ3) is 4.37. The van der Waals surface area contributed by atoms with E-state index in [0.29, 0.717) is 21.3 Å². The Morgan fingerprint density at radius 1 is 1.09 bits per heavy atom. The van der Waals surface area contributed by atoms with Crippen LogP contribution in [0, 0.1) is 6.92 Å². The zero-order chi connectivity index (χ0) is 17.2. The van der Waals surface area contributed by atoms with Crippen LogP contribution in [0.1, 0.15) is 12.5 Å². The van der Waals surface area contributed by atoms with Crippen molar-refractivity contribution < 1.29 is 13.2 Å². The minimum atomic E-state index is -3.81. The second kappa shape index (κ2) is 6.78. The summed E-state index contributed by atoms with van der Waals surface area (Å²) in [4.78, 5) is 11.2. The van der Waals surface area contributed by atoms with Gasteiger partial charge in [-0.2, -0.15) is 0 Å². The van der Waals surface area contributed by atoms with Gasteiger partial charge < -0.3 is 5.32 Å². The molecule has 2 aromatic carbocycles. The molecule has 0 bridgehead atoms. The molecule has 0 spiro atoms. The molecule has 0 heterocycles. The normalized spacial score (nSPS) is 11.1. The highest BCUT2D eigenvalue weighted by Gasteiger charge is 2.18. The van der Waals surface area contributed by atoms with Crippen LogP contribution in [0.2, 0.25) is 10.0 Å². The molecule has 8 heteroatoms. The van der Waals surface area contributed by atoms with Crippen LogP contribution in [-0.4, -0.2) is 14.3 Å². The molecular weight excluding hydrogens is 359 g/mol. The van der Waals surface area contributed by atoms with Gasteiger partial charge in [-0.15, -0.1) is 0 Å². The van der Waals surface area contributed by atoms with E-state index in [-0.39, 0.29) is 16.5 Å². The predicted octanol–water partition coefficient (Wildman–Crippen LogP) is 4.06. The SMILES string of the molecule is CC(=O)Nc1cc(NS(=O)(=O)c2cc(Cl)ccc2C)ccc1Cl. The minimum absolute atomic E-state index is 0.0843. The van der Waals surface area contributed by atoms with E-state index >= 15 is 0 Å². The molecule has 1 amide bonds. The molecule has 5 nitrogen and oxygen atoms in total. The smallest absolute Gasteiger partial charge is 0.262 e. The number of halogens is 2. The fourth-order valence-electron chi connectivity index (χ4n) is 1.95. The lowest BCUT2D eigenvalue weighted by molar-refractivity contribution is -0.114. The second-order valence-corrected chi connectivity index (χ2v) is 7.39. The van der Waals surface area contributed by atoms with E-state index in [1.807, 2.05) is 0 Å². The van der Waals surface area contributed by atoms with Crippen molar-refractivity contribution in [1.82, 2.24) is 0 Å². The van der Waals surface area contributed by atoms with Gasteiger partial charge in [0.15, 0.2) is 0 Å². The van der Waals surface area contributed by atoms with E-state index in [0.717, 1.165) is 0 Å².